The summed E-state index contributed by atoms with van der Waals surface area (Å²) in [5.74, 6) is -0.142. The highest BCUT2D eigenvalue weighted by atomic mass is 19.4. The van der Waals surface area contributed by atoms with Gasteiger partial charge in [0, 0.05) is 18.0 Å². The minimum atomic E-state index is -4.45. The molecule has 0 aliphatic carbocycles. The number of nitrogens with one attached hydrogen (secondary N) is 1. The lowest BCUT2D eigenvalue weighted by Gasteiger charge is -2.28. The first-order chi connectivity index (χ1) is 8.50. The molecular weight excluding hydrogens is 245 g/mol. The Kier molecular flexibility index (Phi) is 3.87. The topological polar surface area (TPSA) is 45.2 Å². The van der Waals surface area contributed by atoms with Crippen LogP contribution in [0.4, 0.5) is 13.2 Å². The van der Waals surface area contributed by atoms with E-state index in [9.17, 15) is 18.3 Å². The number of aromatic nitrogens is 1. The van der Waals surface area contributed by atoms with Crippen molar-refractivity contribution in [2.75, 3.05) is 13.1 Å². The lowest BCUT2D eigenvalue weighted by Crippen LogP contribution is -2.31. The summed E-state index contributed by atoms with van der Waals surface area (Å²) in [4.78, 5) is 3.70. The monoisotopic (exact) mass is 260 g/mol. The summed E-state index contributed by atoms with van der Waals surface area (Å²) in [7, 11) is 0. The van der Waals surface area contributed by atoms with E-state index < -0.39 is 17.8 Å². The molecular formula is C12H15F3N2O. The van der Waals surface area contributed by atoms with Crippen molar-refractivity contribution >= 4 is 0 Å². The molecule has 0 spiro atoms. The Balaban J connectivity index is 2.26. The molecule has 0 radical (unpaired) electrons. The Morgan fingerprint density at radius 3 is 2.61 bits per heavy atom. The zero-order chi connectivity index (χ0) is 13.2. The summed E-state index contributed by atoms with van der Waals surface area (Å²) in [5.41, 5.74) is -0.902. The summed E-state index contributed by atoms with van der Waals surface area (Å²) in [5, 5.41) is 13.2. The third-order valence-electron chi connectivity index (χ3n) is 3.31. The second kappa shape index (κ2) is 5.24. The number of halogens is 3. The zero-order valence-corrected chi connectivity index (χ0v) is 9.74. The van der Waals surface area contributed by atoms with Gasteiger partial charge >= 0.3 is 6.18 Å². The van der Waals surface area contributed by atoms with Crippen LogP contribution in [0.15, 0.2) is 18.5 Å². The second-order valence-electron chi connectivity index (χ2n) is 4.49. The third-order valence-corrected chi connectivity index (χ3v) is 3.31. The van der Waals surface area contributed by atoms with Gasteiger partial charge in [-0.15, -0.1) is 0 Å². The van der Waals surface area contributed by atoms with Crippen LogP contribution in [0.5, 0.6) is 0 Å². The van der Waals surface area contributed by atoms with Crippen LogP contribution in [0, 0.1) is 5.92 Å². The lowest BCUT2D eigenvalue weighted by molar-refractivity contribution is -0.139. The molecule has 3 nitrogen and oxygen atoms in total. The van der Waals surface area contributed by atoms with Gasteiger partial charge in [0.25, 0.3) is 0 Å². The summed E-state index contributed by atoms with van der Waals surface area (Å²) in [6, 6.07) is 0.916. The van der Waals surface area contributed by atoms with Crippen LogP contribution in [0.25, 0.3) is 0 Å². The van der Waals surface area contributed by atoms with Crippen molar-refractivity contribution in [3.05, 3.63) is 29.6 Å². The van der Waals surface area contributed by atoms with Gasteiger partial charge in [-0.3, -0.25) is 4.98 Å². The average molecular weight is 260 g/mol. The molecule has 1 aromatic rings. The first kappa shape index (κ1) is 13.3. The van der Waals surface area contributed by atoms with Gasteiger partial charge in [-0.1, -0.05) is 0 Å². The summed E-state index contributed by atoms with van der Waals surface area (Å²) in [6.45, 7) is 1.45. The number of aliphatic hydroxyl groups is 1. The van der Waals surface area contributed by atoms with Crippen LogP contribution in [0.1, 0.15) is 30.1 Å². The SMILES string of the molecule is OC(c1cnccc1C(F)(F)F)C1CCNCC1. The molecule has 1 saturated heterocycles. The minimum Gasteiger partial charge on any atom is -0.388 e. The summed E-state index contributed by atoms with van der Waals surface area (Å²) in [6.07, 6.45) is -1.98. The molecule has 6 heteroatoms. The summed E-state index contributed by atoms with van der Waals surface area (Å²) >= 11 is 0. The van der Waals surface area contributed by atoms with Gasteiger partial charge in [-0.25, -0.2) is 0 Å². The largest absolute Gasteiger partial charge is 0.416 e. The van der Waals surface area contributed by atoms with E-state index >= 15 is 0 Å². The van der Waals surface area contributed by atoms with Gasteiger partial charge in [-0.2, -0.15) is 13.2 Å². The maximum atomic E-state index is 12.8. The van der Waals surface area contributed by atoms with Crippen LogP contribution in [-0.4, -0.2) is 23.2 Å². The number of alkyl halides is 3. The Hall–Kier alpha value is -1.14. The van der Waals surface area contributed by atoms with Gasteiger partial charge in [0.15, 0.2) is 0 Å². The van der Waals surface area contributed by atoms with Gasteiger partial charge in [0.2, 0.25) is 0 Å². The van der Waals surface area contributed by atoms with Crippen molar-refractivity contribution in [3.8, 4) is 0 Å². The molecule has 2 heterocycles. The second-order valence-corrected chi connectivity index (χ2v) is 4.49. The lowest BCUT2D eigenvalue weighted by atomic mass is 9.87. The molecule has 1 atom stereocenters. The minimum absolute atomic E-state index is 0.114. The fraction of sp³-hybridized carbons (Fsp3) is 0.583. The highest BCUT2D eigenvalue weighted by Crippen LogP contribution is 2.37. The maximum Gasteiger partial charge on any atom is 0.416 e. The van der Waals surface area contributed by atoms with E-state index in [1.165, 1.54) is 0 Å². The number of nitrogens with zero attached hydrogens (tertiary/aromatic N) is 1. The molecule has 2 N–H and O–H groups in total. The molecule has 1 fully saturated rings. The smallest absolute Gasteiger partial charge is 0.388 e. The molecule has 0 saturated carbocycles. The van der Waals surface area contributed by atoms with Crippen LogP contribution in [0.2, 0.25) is 0 Å². The Labute approximate surface area is 103 Å². The first-order valence-corrected chi connectivity index (χ1v) is 5.90. The van der Waals surface area contributed by atoms with Crippen molar-refractivity contribution in [1.82, 2.24) is 10.3 Å². The van der Waals surface area contributed by atoms with Crippen molar-refractivity contribution < 1.29 is 18.3 Å². The predicted octanol–water partition coefficient (Wildman–Crippen LogP) is 2.13. The molecule has 0 bridgehead atoms. The Bertz CT molecular complexity index is 403. The molecule has 1 unspecified atom stereocenters. The third kappa shape index (κ3) is 2.81. The quantitative estimate of drug-likeness (QED) is 0.856. The summed E-state index contributed by atoms with van der Waals surface area (Å²) < 4.78 is 38.5. The Morgan fingerprint density at radius 2 is 2.00 bits per heavy atom. The standard InChI is InChI=1S/C12H15F3N2O/c13-12(14,15)10-3-6-17-7-9(10)11(18)8-1-4-16-5-2-8/h3,6-8,11,16,18H,1-2,4-5H2. The molecule has 18 heavy (non-hydrogen) atoms. The van der Waals surface area contributed by atoms with Crippen molar-refractivity contribution in [2.24, 2.45) is 5.92 Å². The molecule has 0 aromatic carbocycles. The molecule has 100 valence electrons. The van der Waals surface area contributed by atoms with Crippen molar-refractivity contribution in [2.45, 2.75) is 25.1 Å². The fourth-order valence-electron chi connectivity index (χ4n) is 2.31. The van der Waals surface area contributed by atoms with Crippen molar-refractivity contribution in [1.29, 1.82) is 0 Å². The van der Waals surface area contributed by atoms with E-state index in [-0.39, 0.29) is 11.5 Å². The predicted molar refractivity (Wildman–Crippen MR) is 59.8 cm³/mol. The van der Waals surface area contributed by atoms with E-state index in [0.29, 0.717) is 12.8 Å². The van der Waals surface area contributed by atoms with Gasteiger partial charge < -0.3 is 10.4 Å². The molecule has 0 amide bonds. The van der Waals surface area contributed by atoms with Gasteiger partial charge in [0.05, 0.1) is 11.7 Å². The maximum absolute atomic E-state index is 12.8. The number of piperidine rings is 1. The Morgan fingerprint density at radius 1 is 1.33 bits per heavy atom. The zero-order valence-electron chi connectivity index (χ0n) is 9.74. The van der Waals surface area contributed by atoms with E-state index in [1.54, 1.807) is 0 Å². The highest BCUT2D eigenvalue weighted by molar-refractivity contribution is 5.28. The van der Waals surface area contributed by atoms with E-state index in [2.05, 4.69) is 10.3 Å². The van der Waals surface area contributed by atoms with Crippen LogP contribution >= 0.6 is 0 Å². The molecule has 1 aromatic heterocycles. The normalized spacial score (nSPS) is 19.8. The molecule has 1 aliphatic heterocycles. The van der Waals surface area contributed by atoms with Gasteiger partial charge in [-0.05, 0) is 37.9 Å². The van der Waals surface area contributed by atoms with E-state index in [1.807, 2.05) is 0 Å². The highest BCUT2D eigenvalue weighted by Gasteiger charge is 2.36. The van der Waals surface area contributed by atoms with Crippen LogP contribution in [0.3, 0.4) is 0 Å². The van der Waals surface area contributed by atoms with Crippen LogP contribution < -0.4 is 5.32 Å². The van der Waals surface area contributed by atoms with Crippen molar-refractivity contribution in [3.63, 3.8) is 0 Å². The number of aliphatic hydroxyl groups excluding tert-OH is 1. The molecule has 1 aliphatic rings. The first-order valence-electron chi connectivity index (χ1n) is 5.90. The molecule has 2 rings (SSSR count). The fourth-order valence-corrected chi connectivity index (χ4v) is 2.31. The number of rotatable bonds is 2. The number of hydrogen-bond donors (Lipinski definition) is 2. The van der Waals surface area contributed by atoms with Crippen LogP contribution in [-0.2, 0) is 6.18 Å². The average Bonchev–Trinajstić information content (AvgIpc) is 2.38. The van der Waals surface area contributed by atoms with E-state index in [0.717, 1.165) is 31.5 Å². The number of hydrogen-bond acceptors (Lipinski definition) is 3. The van der Waals surface area contributed by atoms with Gasteiger partial charge in [0.1, 0.15) is 0 Å². The van der Waals surface area contributed by atoms with E-state index in [4.69, 9.17) is 0 Å². The number of pyridine rings is 1.